The maximum Gasteiger partial charge on any atom is 0.326 e. The Kier molecular flexibility index (Phi) is 7.67. The molecule has 6 heteroatoms. The van der Waals surface area contributed by atoms with Gasteiger partial charge in [0.25, 0.3) is 0 Å². The van der Waals surface area contributed by atoms with Crippen LogP contribution in [0.15, 0.2) is 23.1 Å². The molecule has 1 atom stereocenters. The Morgan fingerprint density at radius 3 is 2.67 bits per heavy atom. The predicted molar refractivity (Wildman–Crippen MR) is 89.2 cm³/mol. The molecular weight excluding hydrogens is 306 g/mol. The highest BCUT2D eigenvalue weighted by Gasteiger charge is 2.19. The van der Waals surface area contributed by atoms with Gasteiger partial charge >= 0.3 is 5.97 Å². The molecule has 0 aromatic heterocycles. The van der Waals surface area contributed by atoms with E-state index < -0.39 is 12.0 Å². The Balaban J connectivity index is 2.52. The minimum Gasteiger partial charge on any atom is -0.480 e. The van der Waals surface area contributed by atoms with Crippen molar-refractivity contribution in [3.8, 4) is 0 Å². The van der Waals surface area contributed by atoms with Crippen molar-refractivity contribution in [3.63, 3.8) is 0 Å². The van der Waals surface area contributed by atoms with Crippen LogP contribution in [-0.2, 0) is 9.59 Å². The molecule has 0 aliphatic carbocycles. The van der Waals surface area contributed by atoms with E-state index in [9.17, 15) is 9.59 Å². The molecule has 0 radical (unpaired) electrons. The molecule has 0 saturated heterocycles. The fourth-order valence-electron chi connectivity index (χ4n) is 1.74. The lowest BCUT2D eigenvalue weighted by molar-refractivity contribution is -0.141. The summed E-state index contributed by atoms with van der Waals surface area (Å²) in [5.41, 5.74) is 2.27. The first-order chi connectivity index (χ1) is 9.93. The summed E-state index contributed by atoms with van der Waals surface area (Å²) in [5.74, 6) is -0.280. The molecule has 1 aromatic rings. The second kappa shape index (κ2) is 9.00. The van der Waals surface area contributed by atoms with Crippen LogP contribution in [-0.4, -0.2) is 40.8 Å². The highest BCUT2D eigenvalue weighted by atomic mass is 32.2. The first kappa shape index (κ1) is 17.9. The fraction of sp³-hybridized carbons (Fsp3) is 0.467. The van der Waals surface area contributed by atoms with Crippen molar-refractivity contribution in [2.24, 2.45) is 0 Å². The largest absolute Gasteiger partial charge is 0.480 e. The molecule has 0 unspecified atom stereocenters. The highest BCUT2D eigenvalue weighted by Crippen LogP contribution is 2.23. The summed E-state index contributed by atoms with van der Waals surface area (Å²) in [6.45, 7) is 4.00. The van der Waals surface area contributed by atoms with Gasteiger partial charge in [0.15, 0.2) is 0 Å². The Morgan fingerprint density at radius 2 is 2.05 bits per heavy atom. The van der Waals surface area contributed by atoms with Gasteiger partial charge in [0.05, 0.1) is 5.75 Å². The minimum atomic E-state index is -0.978. The number of carbonyl (C=O) groups excluding carboxylic acids is 1. The summed E-state index contributed by atoms with van der Waals surface area (Å²) < 4.78 is 0. The van der Waals surface area contributed by atoms with E-state index in [1.165, 1.54) is 11.8 Å². The topological polar surface area (TPSA) is 66.4 Å². The average molecular weight is 327 g/mol. The zero-order chi connectivity index (χ0) is 15.8. The van der Waals surface area contributed by atoms with Gasteiger partial charge in [0, 0.05) is 4.90 Å². The van der Waals surface area contributed by atoms with Crippen molar-refractivity contribution in [2.45, 2.75) is 31.2 Å². The summed E-state index contributed by atoms with van der Waals surface area (Å²) in [4.78, 5) is 24.0. The monoisotopic (exact) mass is 327 g/mol. The summed E-state index contributed by atoms with van der Waals surface area (Å²) in [6, 6.07) is 5.29. The van der Waals surface area contributed by atoms with Gasteiger partial charge in [-0.3, -0.25) is 4.79 Å². The van der Waals surface area contributed by atoms with Crippen molar-refractivity contribution < 1.29 is 14.7 Å². The number of hydrogen-bond donors (Lipinski definition) is 2. The van der Waals surface area contributed by atoms with Crippen molar-refractivity contribution in [3.05, 3.63) is 29.3 Å². The molecule has 0 aliphatic heterocycles. The first-order valence-corrected chi connectivity index (χ1v) is 9.03. The smallest absolute Gasteiger partial charge is 0.326 e. The number of rotatable bonds is 8. The maximum atomic E-state index is 11.9. The van der Waals surface area contributed by atoms with E-state index in [0.29, 0.717) is 12.2 Å². The number of carbonyl (C=O) groups is 2. The van der Waals surface area contributed by atoms with E-state index in [1.807, 2.05) is 38.3 Å². The molecule has 0 bridgehead atoms. The van der Waals surface area contributed by atoms with Gasteiger partial charge in [-0.15, -0.1) is 11.8 Å². The third kappa shape index (κ3) is 6.44. The van der Waals surface area contributed by atoms with Crippen LogP contribution in [0.1, 0.15) is 17.5 Å². The quantitative estimate of drug-likeness (QED) is 0.719. The van der Waals surface area contributed by atoms with Crippen molar-refractivity contribution in [1.29, 1.82) is 0 Å². The van der Waals surface area contributed by atoms with E-state index in [0.717, 1.165) is 16.0 Å². The maximum absolute atomic E-state index is 11.9. The van der Waals surface area contributed by atoms with E-state index in [1.54, 1.807) is 11.8 Å². The lowest BCUT2D eigenvalue weighted by Gasteiger charge is -2.14. The van der Waals surface area contributed by atoms with Crippen LogP contribution >= 0.6 is 23.5 Å². The summed E-state index contributed by atoms with van der Waals surface area (Å²) in [5, 5.41) is 11.7. The van der Waals surface area contributed by atoms with Crippen LogP contribution in [0, 0.1) is 13.8 Å². The second-order valence-electron chi connectivity index (χ2n) is 4.80. The summed E-state index contributed by atoms with van der Waals surface area (Å²) >= 11 is 3.01. The third-order valence-electron chi connectivity index (χ3n) is 2.95. The average Bonchev–Trinajstić information content (AvgIpc) is 2.44. The zero-order valence-electron chi connectivity index (χ0n) is 12.5. The van der Waals surface area contributed by atoms with Gasteiger partial charge in [-0.25, -0.2) is 4.79 Å². The van der Waals surface area contributed by atoms with Gasteiger partial charge in [-0.05, 0) is 43.9 Å². The van der Waals surface area contributed by atoms with E-state index in [-0.39, 0.29) is 11.7 Å². The number of nitrogens with one attached hydrogen (secondary N) is 1. The van der Waals surface area contributed by atoms with E-state index in [2.05, 4.69) is 5.32 Å². The first-order valence-electron chi connectivity index (χ1n) is 6.65. The van der Waals surface area contributed by atoms with E-state index in [4.69, 9.17) is 5.11 Å². The minimum absolute atomic E-state index is 0.230. The number of amides is 1. The Bertz CT molecular complexity index is 506. The molecule has 0 aliphatic rings. The van der Waals surface area contributed by atoms with Crippen molar-refractivity contribution in [2.75, 3.05) is 17.8 Å². The Labute approximate surface area is 134 Å². The molecule has 116 valence electrons. The number of benzene rings is 1. The SMILES string of the molecule is CSCC[C@H](NC(=O)CSc1cc(C)ccc1C)C(=O)O. The van der Waals surface area contributed by atoms with Gasteiger partial charge < -0.3 is 10.4 Å². The van der Waals surface area contributed by atoms with Gasteiger partial charge in [-0.2, -0.15) is 11.8 Å². The number of aliphatic carboxylic acids is 1. The molecule has 21 heavy (non-hydrogen) atoms. The number of thioether (sulfide) groups is 2. The summed E-state index contributed by atoms with van der Waals surface area (Å²) in [7, 11) is 0. The number of aryl methyl sites for hydroxylation is 2. The van der Waals surface area contributed by atoms with Crippen LogP contribution in [0.4, 0.5) is 0 Å². The molecule has 1 amide bonds. The normalized spacial score (nSPS) is 12.0. The van der Waals surface area contributed by atoms with Gasteiger partial charge in [-0.1, -0.05) is 17.7 Å². The Morgan fingerprint density at radius 1 is 1.33 bits per heavy atom. The van der Waals surface area contributed by atoms with Crippen molar-refractivity contribution in [1.82, 2.24) is 5.32 Å². The van der Waals surface area contributed by atoms with Crippen LogP contribution in [0.25, 0.3) is 0 Å². The molecule has 1 rings (SSSR count). The number of carboxylic acids is 1. The molecule has 0 heterocycles. The lowest BCUT2D eigenvalue weighted by Crippen LogP contribution is -2.42. The van der Waals surface area contributed by atoms with Crippen molar-refractivity contribution >= 4 is 35.4 Å². The van der Waals surface area contributed by atoms with Crippen LogP contribution in [0.5, 0.6) is 0 Å². The molecule has 0 fully saturated rings. The Hall–Kier alpha value is -1.14. The number of hydrogen-bond acceptors (Lipinski definition) is 4. The third-order valence-corrected chi connectivity index (χ3v) is 4.75. The van der Waals surface area contributed by atoms with E-state index >= 15 is 0 Å². The number of carboxylic acid groups (broad SMARTS) is 1. The molecule has 2 N–H and O–H groups in total. The predicted octanol–water partition coefficient (Wildman–Crippen LogP) is 2.72. The molecule has 1 aromatic carbocycles. The molecule has 0 saturated carbocycles. The van der Waals surface area contributed by atoms with Crippen LogP contribution < -0.4 is 5.32 Å². The second-order valence-corrected chi connectivity index (χ2v) is 6.80. The van der Waals surface area contributed by atoms with Crippen LogP contribution in [0.2, 0.25) is 0 Å². The lowest BCUT2D eigenvalue weighted by atomic mass is 10.2. The molecule has 0 spiro atoms. The zero-order valence-corrected chi connectivity index (χ0v) is 14.1. The molecular formula is C15H21NO3S2. The molecule has 4 nitrogen and oxygen atoms in total. The summed E-state index contributed by atoms with van der Waals surface area (Å²) in [6.07, 6.45) is 2.35. The fourth-order valence-corrected chi connectivity index (χ4v) is 3.14. The van der Waals surface area contributed by atoms with Crippen LogP contribution in [0.3, 0.4) is 0 Å². The highest BCUT2D eigenvalue weighted by molar-refractivity contribution is 8.00. The standard InChI is InChI=1S/C15H21NO3S2/c1-10-4-5-11(2)13(8-10)21-9-14(17)16-12(15(18)19)6-7-20-3/h4-5,8,12H,6-7,9H2,1-3H3,(H,16,17)(H,18,19)/t12-/m0/s1. The van der Waals surface area contributed by atoms with Gasteiger partial charge in [0.1, 0.15) is 6.04 Å². The van der Waals surface area contributed by atoms with Gasteiger partial charge in [0.2, 0.25) is 5.91 Å².